The van der Waals surface area contributed by atoms with Crippen LogP contribution in [0.15, 0.2) is 42.5 Å². The lowest BCUT2D eigenvalue weighted by atomic mass is 10.1. The molecule has 0 aliphatic rings. The standard InChI is InChI=1S/C18H19N3O/c1-13-8-14(2)10-17(9-13)21-18(22)6-7-20-16-5-3-4-15(11-16)12-19/h3-5,8-11,20H,6-7H2,1-2H3,(H,21,22). The molecule has 0 spiro atoms. The molecule has 0 radical (unpaired) electrons. The van der Waals surface area contributed by atoms with Crippen LogP contribution in [0.4, 0.5) is 11.4 Å². The highest BCUT2D eigenvalue weighted by molar-refractivity contribution is 5.91. The molecule has 0 aliphatic heterocycles. The number of nitriles is 1. The summed E-state index contributed by atoms with van der Waals surface area (Å²) in [6.07, 6.45) is 0.365. The van der Waals surface area contributed by atoms with Crippen LogP contribution in [0.25, 0.3) is 0 Å². The summed E-state index contributed by atoms with van der Waals surface area (Å²) in [5, 5.41) is 14.9. The Balaban J connectivity index is 1.84. The number of hydrogen-bond acceptors (Lipinski definition) is 3. The summed E-state index contributed by atoms with van der Waals surface area (Å²) in [5.74, 6) is -0.0334. The average Bonchev–Trinajstić information content (AvgIpc) is 2.46. The van der Waals surface area contributed by atoms with Crippen molar-refractivity contribution in [2.24, 2.45) is 0 Å². The Morgan fingerprint density at radius 2 is 1.82 bits per heavy atom. The molecule has 0 aliphatic carbocycles. The lowest BCUT2D eigenvalue weighted by Gasteiger charge is -2.09. The van der Waals surface area contributed by atoms with Crippen LogP contribution < -0.4 is 10.6 Å². The average molecular weight is 293 g/mol. The zero-order valence-electron chi connectivity index (χ0n) is 12.8. The van der Waals surface area contributed by atoms with E-state index in [2.05, 4.69) is 22.8 Å². The van der Waals surface area contributed by atoms with Gasteiger partial charge in [0.15, 0.2) is 0 Å². The molecule has 0 aromatic heterocycles. The Hall–Kier alpha value is -2.80. The summed E-state index contributed by atoms with van der Waals surface area (Å²) in [4.78, 5) is 11.9. The van der Waals surface area contributed by atoms with Crippen LogP contribution in [0, 0.1) is 25.2 Å². The summed E-state index contributed by atoms with van der Waals surface area (Å²) in [6.45, 7) is 4.53. The third-order valence-electron chi connectivity index (χ3n) is 3.18. The molecule has 4 heteroatoms. The van der Waals surface area contributed by atoms with E-state index >= 15 is 0 Å². The van der Waals surface area contributed by atoms with E-state index < -0.39 is 0 Å². The van der Waals surface area contributed by atoms with Crippen molar-refractivity contribution in [3.63, 3.8) is 0 Å². The van der Waals surface area contributed by atoms with Crippen molar-refractivity contribution in [1.29, 1.82) is 5.26 Å². The van der Waals surface area contributed by atoms with Gasteiger partial charge in [0.05, 0.1) is 11.6 Å². The summed E-state index contributed by atoms with van der Waals surface area (Å²) < 4.78 is 0. The van der Waals surface area contributed by atoms with Gasteiger partial charge in [0, 0.05) is 24.3 Å². The van der Waals surface area contributed by atoms with Crippen LogP contribution in [0.2, 0.25) is 0 Å². The van der Waals surface area contributed by atoms with Gasteiger partial charge < -0.3 is 10.6 Å². The van der Waals surface area contributed by atoms with E-state index in [1.807, 2.05) is 38.1 Å². The number of rotatable bonds is 5. The molecule has 1 amide bonds. The number of carbonyl (C=O) groups is 1. The first kappa shape index (κ1) is 15.6. The summed E-state index contributed by atoms with van der Waals surface area (Å²) in [7, 11) is 0. The van der Waals surface area contributed by atoms with Gasteiger partial charge in [-0.15, -0.1) is 0 Å². The first-order valence-corrected chi connectivity index (χ1v) is 7.19. The highest BCUT2D eigenvalue weighted by atomic mass is 16.1. The van der Waals surface area contributed by atoms with Crippen molar-refractivity contribution in [3.8, 4) is 6.07 Å². The van der Waals surface area contributed by atoms with Crippen molar-refractivity contribution < 1.29 is 4.79 Å². The van der Waals surface area contributed by atoms with Crippen molar-refractivity contribution in [3.05, 3.63) is 59.2 Å². The fraction of sp³-hybridized carbons (Fsp3) is 0.222. The van der Waals surface area contributed by atoms with Gasteiger partial charge in [-0.2, -0.15) is 5.26 Å². The molecule has 0 saturated heterocycles. The molecule has 2 aromatic carbocycles. The molecular formula is C18H19N3O. The quantitative estimate of drug-likeness (QED) is 0.885. The number of aryl methyl sites for hydroxylation is 2. The van der Waals surface area contributed by atoms with Gasteiger partial charge >= 0.3 is 0 Å². The minimum atomic E-state index is -0.0334. The number of anilines is 2. The second-order valence-electron chi connectivity index (χ2n) is 5.29. The predicted octanol–water partition coefficient (Wildman–Crippen LogP) is 3.62. The lowest BCUT2D eigenvalue weighted by molar-refractivity contribution is -0.115. The van der Waals surface area contributed by atoms with E-state index in [1.54, 1.807) is 12.1 Å². The Morgan fingerprint density at radius 1 is 1.09 bits per heavy atom. The highest BCUT2D eigenvalue weighted by Gasteiger charge is 2.03. The molecule has 0 bridgehead atoms. The Labute approximate surface area is 130 Å². The smallest absolute Gasteiger partial charge is 0.226 e. The van der Waals surface area contributed by atoms with Gasteiger partial charge in [-0.25, -0.2) is 0 Å². The fourth-order valence-electron chi connectivity index (χ4n) is 2.29. The van der Waals surface area contributed by atoms with Crippen LogP contribution in [0.3, 0.4) is 0 Å². The molecular weight excluding hydrogens is 274 g/mol. The fourth-order valence-corrected chi connectivity index (χ4v) is 2.29. The van der Waals surface area contributed by atoms with Gasteiger partial charge in [-0.3, -0.25) is 4.79 Å². The van der Waals surface area contributed by atoms with Crippen molar-refractivity contribution >= 4 is 17.3 Å². The summed E-state index contributed by atoms with van der Waals surface area (Å²) in [5.41, 5.74) is 4.53. The first-order chi connectivity index (χ1) is 10.6. The van der Waals surface area contributed by atoms with Crippen molar-refractivity contribution in [2.75, 3.05) is 17.2 Å². The van der Waals surface area contributed by atoms with Gasteiger partial charge in [0.2, 0.25) is 5.91 Å². The third-order valence-corrected chi connectivity index (χ3v) is 3.18. The molecule has 0 heterocycles. The highest BCUT2D eigenvalue weighted by Crippen LogP contribution is 2.14. The molecule has 112 valence electrons. The van der Waals surface area contributed by atoms with Gasteiger partial charge in [0.1, 0.15) is 0 Å². The maximum Gasteiger partial charge on any atom is 0.226 e. The third kappa shape index (κ3) is 4.64. The number of nitrogens with zero attached hydrogens (tertiary/aromatic N) is 1. The topological polar surface area (TPSA) is 64.9 Å². The lowest BCUT2D eigenvalue weighted by Crippen LogP contribution is -2.16. The van der Waals surface area contributed by atoms with Crippen LogP contribution in [0.5, 0.6) is 0 Å². The van der Waals surface area contributed by atoms with Crippen molar-refractivity contribution in [1.82, 2.24) is 0 Å². The largest absolute Gasteiger partial charge is 0.384 e. The molecule has 0 saturated carbocycles. The second kappa shape index (κ2) is 7.28. The molecule has 2 aromatic rings. The van der Waals surface area contributed by atoms with E-state index in [0.717, 1.165) is 22.5 Å². The molecule has 0 atom stereocenters. The van der Waals surface area contributed by atoms with Gasteiger partial charge in [-0.1, -0.05) is 12.1 Å². The molecule has 2 N–H and O–H groups in total. The van der Waals surface area contributed by atoms with Crippen molar-refractivity contribution in [2.45, 2.75) is 20.3 Å². The predicted molar refractivity (Wildman–Crippen MR) is 88.8 cm³/mol. The van der Waals surface area contributed by atoms with Gasteiger partial charge in [0.25, 0.3) is 0 Å². The molecule has 22 heavy (non-hydrogen) atoms. The van der Waals surface area contributed by atoms with Crippen LogP contribution in [-0.4, -0.2) is 12.5 Å². The van der Waals surface area contributed by atoms with E-state index in [9.17, 15) is 4.79 Å². The molecule has 0 fully saturated rings. The Morgan fingerprint density at radius 3 is 2.50 bits per heavy atom. The van der Waals surface area contributed by atoms with Crippen LogP contribution >= 0.6 is 0 Å². The van der Waals surface area contributed by atoms with E-state index in [0.29, 0.717) is 18.5 Å². The maximum atomic E-state index is 11.9. The first-order valence-electron chi connectivity index (χ1n) is 7.19. The monoisotopic (exact) mass is 293 g/mol. The second-order valence-corrected chi connectivity index (χ2v) is 5.29. The number of benzene rings is 2. The number of hydrogen-bond donors (Lipinski definition) is 2. The normalized spacial score (nSPS) is 9.86. The zero-order valence-corrected chi connectivity index (χ0v) is 12.8. The minimum Gasteiger partial charge on any atom is -0.384 e. The summed E-state index contributed by atoms with van der Waals surface area (Å²) in [6, 6.07) is 15.3. The number of nitrogens with one attached hydrogen (secondary N) is 2. The van der Waals surface area contributed by atoms with E-state index in [4.69, 9.17) is 5.26 Å². The van der Waals surface area contributed by atoms with E-state index in [-0.39, 0.29) is 5.91 Å². The summed E-state index contributed by atoms with van der Waals surface area (Å²) >= 11 is 0. The molecule has 0 unspecified atom stereocenters. The zero-order chi connectivity index (χ0) is 15.9. The SMILES string of the molecule is Cc1cc(C)cc(NC(=O)CCNc2cccc(C#N)c2)c1. The van der Waals surface area contributed by atoms with Crippen LogP contribution in [0.1, 0.15) is 23.1 Å². The minimum absolute atomic E-state index is 0.0334. The van der Waals surface area contributed by atoms with Crippen LogP contribution in [-0.2, 0) is 4.79 Å². The Bertz CT molecular complexity index is 696. The molecule has 2 rings (SSSR count). The van der Waals surface area contributed by atoms with E-state index in [1.165, 1.54) is 0 Å². The van der Waals surface area contributed by atoms with Gasteiger partial charge in [-0.05, 0) is 55.3 Å². The molecule has 4 nitrogen and oxygen atoms in total. The number of carbonyl (C=O) groups excluding carboxylic acids is 1. The number of amides is 1. The maximum absolute atomic E-state index is 11.9. The Kier molecular flexibility index (Phi) is 5.16.